The molecule has 0 bridgehead atoms. The van der Waals surface area contributed by atoms with Gasteiger partial charge in [-0.15, -0.1) is 11.3 Å². The normalized spacial score (nSPS) is 15.0. The lowest BCUT2D eigenvalue weighted by molar-refractivity contribution is -0.135. The lowest BCUT2D eigenvalue weighted by Gasteiger charge is -2.37. The number of hydrogen-bond acceptors (Lipinski definition) is 5. The molecule has 178 valence electrons. The summed E-state index contributed by atoms with van der Waals surface area (Å²) in [6, 6.07) is 17.0. The van der Waals surface area contributed by atoms with Gasteiger partial charge in [0, 0.05) is 25.1 Å². The van der Waals surface area contributed by atoms with Crippen molar-refractivity contribution in [3.05, 3.63) is 87.9 Å². The van der Waals surface area contributed by atoms with Gasteiger partial charge in [-0.05, 0) is 47.7 Å². The minimum Gasteiger partial charge on any atom is -0.491 e. The molecule has 6 nitrogen and oxygen atoms in total. The van der Waals surface area contributed by atoms with Gasteiger partial charge in [-0.3, -0.25) is 9.59 Å². The number of carbonyl (C=O) groups is 2. The SMILES string of the molecule is COCCN(CC(=O)N1CCc2sccc2C1COc1ccccc1)C(=O)c1ccccc1F. The molecule has 3 aromatic rings. The second-order valence-corrected chi connectivity index (χ2v) is 8.98. The monoisotopic (exact) mass is 482 g/mol. The number of carbonyl (C=O) groups excluding carboxylic acids is 2. The van der Waals surface area contributed by atoms with Crippen LogP contribution in [0.15, 0.2) is 66.0 Å². The Morgan fingerprint density at radius 1 is 1.12 bits per heavy atom. The number of benzene rings is 2. The summed E-state index contributed by atoms with van der Waals surface area (Å²) in [5.41, 5.74) is 1.01. The van der Waals surface area contributed by atoms with Crippen LogP contribution in [0.3, 0.4) is 0 Å². The summed E-state index contributed by atoms with van der Waals surface area (Å²) in [6.07, 6.45) is 0.750. The van der Waals surface area contributed by atoms with Crippen LogP contribution in [-0.2, 0) is 16.0 Å². The molecule has 0 fully saturated rings. The Morgan fingerprint density at radius 3 is 2.65 bits per heavy atom. The maximum atomic E-state index is 14.3. The Bertz CT molecular complexity index is 1120. The van der Waals surface area contributed by atoms with Gasteiger partial charge in [0.2, 0.25) is 5.91 Å². The zero-order valence-electron chi connectivity index (χ0n) is 19.0. The van der Waals surface area contributed by atoms with Crippen LogP contribution in [0, 0.1) is 5.82 Å². The van der Waals surface area contributed by atoms with Gasteiger partial charge in [0.15, 0.2) is 0 Å². The predicted molar refractivity (Wildman–Crippen MR) is 129 cm³/mol. The molecule has 0 radical (unpaired) electrons. The first kappa shape index (κ1) is 23.9. The van der Waals surface area contributed by atoms with Crippen LogP contribution in [0.2, 0.25) is 0 Å². The Balaban J connectivity index is 1.53. The van der Waals surface area contributed by atoms with E-state index in [1.54, 1.807) is 22.3 Å². The molecule has 4 rings (SSSR count). The van der Waals surface area contributed by atoms with E-state index in [1.807, 2.05) is 41.8 Å². The van der Waals surface area contributed by atoms with Crippen LogP contribution < -0.4 is 4.74 Å². The standard InChI is InChI=1S/C26H27FN2O4S/c1-32-15-14-28(26(31)20-9-5-6-10-22(20)27)17-25(30)29-13-11-24-21(12-16-34-24)23(29)18-33-19-7-3-2-4-8-19/h2-10,12,16,23H,11,13-15,17-18H2,1H3. The van der Waals surface area contributed by atoms with Crippen molar-refractivity contribution in [2.24, 2.45) is 0 Å². The second kappa shape index (κ2) is 11.3. The topological polar surface area (TPSA) is 59.1 Å². The summed E-state index contributed by atoms with van der Waals surface area (Å²) in [4.78, 5) is 30.9. The third-order valence-corrected chi connectivity index (χ3v) is 6.85. The maximum Gasteiger partial charge on any atom is 0.257 e. The van der Waals surface area contributed by atoms with Crippen molar-refractivity contribution in [3.8, 4) is 5.75 Å². The Kier molecular flexibility index (Phi) is 7.92. The van der Waals surface area contributed by atoms with Gasteiger partial charge in [-0.2, -0.15) is 0 Å². The first-order chi connectivity index (χ1) is 16.6. The first-order valence-electron chi connectivity index (χ1n) is 11.1. The number of ether oxygens (including phenoxy) is 2. The first-order valence-corrected chi connectivity index (χ1v) is 12.0. The van der Waals surface area contributed by atoms with Crippen molar-refractivity contribution in [2.45, 2.75) is 12.5 Å². The number of amides is 2. The number of fused-ring (bicyclic) bond motifs is 1. The van der Waals surface area contributed by atoms with E-state index in [0.29, 0.717) is 13.2 Å². The Labute approximate surface area is 202 Å². The van der Waals surface area contributed by atoms with E-state index >= 15 is 0 Å². The van der Waals surface area contributed by atoms with E-state index < -0.39 is 11.7 Å². The van der Waals surface area contributed by atoms with E-state index in [2.05, 4.69) is 0 Å². The molecule has 1 atom stereocenters. The third-order valence-electron chi connectivity index (χ3n) is 5.85. The molecule has 2 aromatic carbocycles. The molecular formula is C26H27FN2O4S. The number of rotatable bonds is 9. The van der Waals surface area contributed by atoms with Crippen LogP contribution in [-0.4, -0.2) is 61.6 Å². The fourth-order valence-electron chi connectivity index (χ4n) is 4.08. The highest BCUT2D eigenvalue weighted by atomic mass is 32.1. The van der Waals surface area contributed by atoms with E-state index in [1.165, 1.54) is 35.1 Å². The van der Waals surface area contributed by atoms with Gasteiger partial charge < -0.3 is 19.3 Å². The van der Waals surface area contributed by atoms with Crippen LogP contribution in [0.1, 0.15) is 26.8 Å². The molecule has 2 heterocycles. The van der Waals surface area contributed by atoms with Crippen molar-refractivity contribution in [3.63, 3.8) is 0 Å². The van der Waals surface area contributed by atoms with Gasteiger partial charge in [-0.1, -0.05) is 30.3 Å². The fourth-order valence-corrected chi connectivity index (χ4v) is 5.01. The highest BCUT2D eigenvalue weighted by Gasteiger charge is 2.34. The summed E-state index contributed by atoms with van der Waals surface area (Å²) in [6.45, 7) is 1.08. The molecule has 0 saturated carbocycles. The average Bonchev–Trinajstić information content (AvgIpc) is 3.34. The van der Waals surface area contributed by atoms with Gasteiger partial charge in [0.05, 0.1) is 18.2 Å². The Morgan fingerprint density at radius 2 is 1.88 bits per heavy atom. The number of nitrogens with zero attached hydrogens (tertiary/aromatic N) is 2. The number of para-hydroxylation sites is 1. The van der Waals surface area contributed by atoms with Gasteiger partial charge >= 0.3 is 0 Å². The summed E-state index contributed by atoms with van der Waals surface area (Å²) in [5.74, 6) is -0.626. The summed E-state index contributed by atoms with van der Waals surface area (Å²) >= 11 is 1.68. The zero-order valence-corrected chi connectivity index (χ0v) is 19.8. The van der Waals surface area contributed by atoms with Crippen molar-refractivity contribution in [1.29, 1.82) is 0 Å². The number of methoxy groups -OCH3 is 1. The lowest BCUT2D eigenvalue weighted by Crippen LogP contribution is -2.48. The zero-order chi connectivity index (χ0) is 23.9. The van der Waals surface area contributed by atoms with E-state index in [4.69, 9.17) is 9.47 Å². The largest absolute Gasteiger partial charge is 0.491 e. The molecule has 0 spiro atoms. The van der Waals surface area contributed by atoms with E-state index in [-0.39, 0.29) is 37.2 Å². The predicted octanol–water partition coefficient (Wildman–Crippen LogP) is 4.18. The molecule has 34 heavy (non-hydrogen) atoms. The molecular weight excluding hydrogens is 455 g/mol. The molecule has 0 saturated heterocycles. The van der Waals surface area contributed by atoms with E-state index in [0.717, 1.165) is 17.7 Å². The van der Waals surface area contributed by atoms with Crippen molar-refractivity contribution in [1.82, 2.24) is 9.80 Å². The van der Waals surface area contributed by atoms with Crippen LogP contribution in [0.4, 0.5) is 4.39 Å². The van der Waals surface area contributed by atoms with Gasteiger partial charge in [0.1, 0.15) is 24.7 Å². The van der Waals surface area contributed by atoms with Gasteiger partial charge in [-0.25, -0.2) is 4.39 Å². The molecule has 2 amide bonds. The smallest absolute Gasteiger partial charge is 0.257 e. The fraction of sp³-hybridized carbons (Fsp3) is 0.308. The van der Waals surface area contributed by atoms with Crippen LogP contribution in [0.25, 0.3) is 0 Å². The maximum absolute atomic E-state index is 14.3. The molecule has 0 N–H and O–H groups in total. The van der Waals surface area contributed by atoms with Crippen molar-refractivity contribution < 1.29 is 23.5 Å². The molecule has 1 aliphatic heterocycles. The number of thiophene rings is 1. The minimum absolute atomic E-state index is 0.0610. The average molecular weight is 483 g/mol. The van der Waals surface area contributed by atoms with Crippen LogP contribution in [0.5, 0.6) is 5.75 Å². The van der Waals surface area contributed by atoms with E-state index in [9.17, 15) is 14.0 Å². The highest BCUT2D eigenvalue weighted by molar-refractivity contribution is 7.10. The van der Waals surface area contributed by atoms with Crippen molar-refractivity contribution >= 4 is 23.2 Å². The number of halogens is 1. The molecule has 1 aliphatic rings. The molecule has 0 aliphatic carbocycles. The molecule has 8 heteroatoms. The molecule has 1 unspecified atom stereocenters. The second-order valence-electron chi connectivity index (χ2n) is 7.98. The number of hydrogen-bond donors (Lipinski definition) is 0. The van der Waals surface area contributed by atoms with Crippen LogP contribution >= 0.6 is 11.3 Å². The molecule has 1 aromatic heterocycles. The minimum atomic E-state index is -0.614. The highest BCUT2D eigenvalue weighted by Crippen LogP contribution is 2.34. The summed E-state index contributed by atoms with van der Waals surface area (Å²) in [7, 11) is 1.52. The van der Waals surface area contributed by atoms with Gasteiger partial charge in [0.25, 0.3) is 5.91 Å². The summed E-state index contributed by atoms with van der Waals surface area (Å²) in [5, 5.41) is 2.03. The van der Waals surface area contributed by atoms with Crippen molar-refractivity contribution in [2.75, 3.05) is 40.0 Å². The quantitative estimate of drug-likeness (QED) is 0.459. The third kappa shape index (κ3) is 5.46. The lowest BCUT2D eigenvalue weighted by atomic mass is 10.0. The Hall–Kier alpha value is -3.23. The summed E-state index contributed by atoms with van der Waals surface area (Å²) < 4.78 is 25.4.